The van der Waals surface area contributed by atoms with E-state index < -0.39 is 36.1 Å². The molecule has 2 bridgehead atoms. The molecule has 0 aromatic carbocycles. The maximum atomic E-state index is 11.9. The molecule has 0 aromatic rings. The van der Waals surface area contributed by atoms with Crippen molar-refractivity contribution >= 4 is 17.8 Å². The second-order valence-corrected chi connectivity index (χ2v) is 4.47. The summed E-state index contributed by atoms with van der Waals surface area (Å²) in [5.74, 6) is -3.25. The number of halogens is 3. The van der Waals surface area contributed by atoms with Crippen LogP contribution in [0.15, 0.2) is 0 Å². The molecule has 11 heteroatoms. The second kappa shape index (κ2) is 4.81. The number of rotatable bonds is 1. The van der Waals surface area contributed by atoms with Crippen LogP contribution in [-0.2, 0) is 9.59 Å². The number of urea groups is 1. The zero-order chi connectivity index (χ0) is 15.1. The highest BCUT2D eigenvalue weighted by molar-refractivity contribution is 5.90. The highest BCUT2D eigenvalue weighted by Crippen LogP contribution is 2.28. The molecule has 2 saturated heterocycles. The van der Waals surface area contributed by atoms with E-state index in [-0.39, 0.29) is 13.0 Å². The van der Waals surface area contributed by atoms with E-state index in [4.69, 9.17) is 0 Å². The van der Waals surface area contributed by atoms with Crippen molar-refractivity contribution in [1.29, 1.82) is 0 Å². The molecule has 0 spiro atoms. The molecule has 20 heavy (non-hydrogen) atoms. The van der Waals surface area contributed by atoms with Crippen molar-refractivity contribution in [2.45, 2.75) is 31.1 Å². The van der Waals surface area contributed by atoms with Crippen LogP contribution < -0.4 is 10.9 Å². The number of carbonyl (C=O) groups excluding carboxylic acids is 3. The van der Waals surface area contributed by atoms with Crippen molar-refractivity contribution in [3.05, 3.63) is 0 Å². The van der Waals surface area contributed by atoms with E-state index in [1.54, 1.807) is 5.43 Å². The average Bonchev–Trinajstić information content (AvgIpc) is 2.60. The van der Waals surface area contributed by atoms with Gasteiger partial charge in [0.2, 0.25) is 0 Å². The van der Waals surface area contributed by atoms with E-state index in [0.29, 0.717) is 11.5 Å². The van der Waals surface area contributed by atoms with Crippen molar-refractivity contribution in [2.24, 2.45) is 0 Å². The summed E-state index contributed by atoms with van der Waals surface area (Å²) in [4.78, 5) is 34.8. The van der Waals surface area contributed by atoms with Crippen LogP contribution >= 0.6 is 0 Å². The van der Waals surface area contributed by atoms with Crippen LogP contribution in [0.4, 0.5) is 18.0 Å². The van der Waals surface area contributed by atoms with Gasteiger partial charge in [-0.1, -0.05) is 0 Å². The van der Waals surface area contributed by atoms with Gasteiger partial charge in [-0.3, -0.25) is 25.6 Å². The Balaban J connectivity index is 1.94. The quantitative estimate of drug-likeness (QED) is 0.442. The monoisotopic (exact) mass is 296 g/mol. The van der Waals surface area contributed by atoms with Gasteiger partial charge < -0.3 is 4.90 Å². The summed E-state index contributed by atoms with van der Waals surface area (Å²) >= 11 is 0. The average molecular weight is 296 g/mol. The largest absolute Gasteiger partial charge is 0.472 e. The first-order valence-electron chi connectivity index (χ1n) is 5.67. The van der Waals surface area contributed by atoms with Gasteiger partial charge in [0, 0.05) is 6.54 Å². The SMILES string of the molecule is O=C(NNC(=O)C(F)(F)F)[C@@H]1CCC2CN1C(=O)N2O. The predicted octanol–water partition coefficient (Wildman–Crippen LogP) is -0.646. The van der Waals surface area contributed by atoms with E-state index in [1.165, 1.54) is 5.43 Å². The highest BCUT2D eigenvalue weighted by atomic mass is 19.4. The Bertz CT molecular complexity index is 455. The zero-order valence-corrected chi connectivity index (χ0v) is 9.98. The van der Waals surface area contributed by atoms with Gasteiger partial charge in [0.15, 0.2) is 0 Å². The Labute approximate surface area is 110 Å². The number of piperidine rings is 1. The van der Waals surface area contributed by atoms with Crippen LogP contribution in [0.2, 0.25) is 0 Å². The van der Waals surface area contributed by atoms with E-state index in [9.17, 15) is 32.8 Å². The number of hydrogen-bond donors (Lipinski definition) is 3. The van der Waals surface area contributed by atoms with Gasteiger partial charge in [-0.25, -0.2) is 9.86 Å². The molecule has 2 heterocycles. The molecule has 8 nitrogen and oxygen atoms in total. The smallest absolute Gasteiger partial charge is 0.309 e. The summed E-state index contributed by atoms with van der Waals surface area (Å²) in [5, 5.41) is 9.89. The van der Waals surface area contributed by atoms with Crippen LogP contribution in [0.1, 0.15) is 12.8 Å². The van der Waals surface area contributed by atoms with Crippen LogP contribution in [0.5, 0.6) is 0 Å². The Hall–Kier alpha value is -2.04. The number of hydrogen-bond acceptors (Lipinski definition) is 4. The number of nitrogens with zero attached hydrogens (tertiary/aromatic N) is 2. The van der Waals surface area contributed by atoms with Crippen molar-refractivity contribution in [2.75, 3.05) is 6.54 Å². The summed E-state index contributed by atoms with van der Waals surface area (Å²) in [5.41, 5.74) is 2.85. The van der Waals surface area contributed by atoms with E-state index in [0.717, 1.165) is 4.90 Å². The summed E-state index contributed by atoms with van der Waals surface area (Å²) in [7, 11) is 0. The lowest BCUT2D eigenvalue weighted by atomic mass is 10.0. The highest BCUT2D eigenvalue weighted by Gasteiger charge is 2.47. The Morgan fingerprint density at radius 1 is 1.25 bits per heavy atom. The number of fused-ring (bicyclic) bond motifs is 2. The normalized spacial score (nSPS) is 25.7. The Morgan fingerprint density at radius 2 is 1.90 bits per heavy atom. The van der Waals surface area contributed by atoms with E-state index in [1.807, 2.05) is 0 Å². The number of alkyl halides is 3. The lowest BCUT2D eigenvalue weighted by Crippen LogP contribution is -2.56. The number of amides is 4. The molecule has 0 radical (unpaired) electrons. The minimum Gasteiger partial charge on any atom is -0.309 e. The van der Waals surface area contributed by atoms with Gasteiger partial charge in [0.25, 0.3) is 5.91 Å². The molecule has 2 aliphatic rings. The van der Waals surface area contributed by atoms with Gasteiger partial charge in [-0.05, 0) is 12.8 Å². The third kappa shape index (κ3) is 2.48. The van der Waals surface area contributed by atoms with Gasteiger partial charge in [-0.15, -0.1) is 0 Å². The Kier molecular flexibility index (Phi) is 3.46. The van der Waals surface area contributed by atoms with Crippen LogP contribution in [0.25, 0.3) is 0 Å². The first kappa shape index (κ1) is 14.4. The number of nitrogens with one attached hydrogen (secondary N) is 2. The second-order valence-electron chi connectivity index (χ2n) is 4.47. The molecule has 2 aliphatic heterocycles. The fourth-order valence-electron chi connectivity index (χ4n) is 2.20. The van der Waals surface area contributed by atoms with E-state index >= 15 is 0 Å². The summed E-state index contributed by atoms with van der Waals surface area (Å²) in [6.07, 6.45) is -4.60. The summed E-state index contributed by atoms with van der Waals surface area (Å²) in [6, 6.07) is -2.23. The summed E-state index contributed by atoms with van der Waals surface area (Å²) in [6.45, 7) is 0.112. The number of carbonyl (C=O) groups is 3. The minimum absolute atomic E-state index is 0.112. The van der Waals surface area contributed by atoms with E-state index in [2.05, 4.69) is 0 Å². The molecule has 112 valence electrons. The summed E-state index contributed by atoms with van der Waals surface area (Å²) < 4.78 is 35.8. The number of hydroxylamine groups is 2. The van der Waals surface area contributed by atoms with Crippen molar-refractivity contribution in [3.8, 4) is 0 Å². The first-order chi connectivity index (χ1) is 9.21. The van der Waals surface area contributed by atoms with Gasteiger partial charge in [0.1, 0.15) is 6.04 Å². The van der Waals surface area contributed by atoms with Crippen molar-refractivity contribution in [1.82, 2.24) is 20.8 Å². The molecule has 1 unspecified atom stereocenters. The Morgan fingerprint density at radius 3 is 2.50 bits per heavy atom. The maximum absolute atomic E-state index is 11.9. The van der Waals surface area contributed by atoms with Gasteiger partial charge in [-0.2, -0.15) is 13.2 Å². The molecule has 2 atom stereocenters. The molecule has 0 aromatic heterocycles. The minimum atomic E-state index is -5.11. The standard InChI is InChI=1S/C9H11F3N4O4/c10-9(11,12)7(18)14-13-6(17)5-2-1-4-3-15(5)8(19)16(4)20/h4-5,20H,1-3H2,(H,13,17)(H,14,18)/t4?,5-/m0/s1. The van der Waals surface area contributed by atoms with Crippen LogP contribution in [0, 0.1) is 0 Å². The lowest BCUT2D eigenvalue weighted by Gasteiger charge is -2.29. The molecule has 4 amide bonds. The van der Waals surface area contributed by atoms with Crippen molar-refractivity contribution < 1.29 is 32.8 Å². The molecular formula is C9H11F3N4O4. The van der Waals surface area contributed by atoms with Gasteiger partial charge in [0.05, 0.1) is 6.04 Å². The van der Waals surface area contributed by atoms with Crippen molar-refractivity contribution in [3.63, 3.8) is 0 Å². The molecular weight excluding hydrogens is 285 g/mol. The zero-order valence-electron chi connectivity index (χ0n) is 9.98. The van der Waals surface area contributed by atoms with Crippen LogP contribution in [-0.4, -0.2) is 57.8 Å². The fourth-order valence-corrected chi connectivity index (χ4v) is 2.20. The predicted molar refractivity (Wildman–Crippen MR) is 54.9 cm³/mol. The maximum Gasteiger partial charge on any atom is 0.472 e. The molecule has 2 rings (SSSR count). The van der Waals surface area contributed by atoms with Gasteiger partial charge >= 0.3 is 18.1 Å². The number of hydrazine groups is 1. The topological polar surface area (TPSA) is 102 Å². The van der Waals surface area contributed by atoms with Crippen LogP contribution in [0.3, 0.4) is 0 Å². The molecule has 3 N–H and O–H groups in total. The lowest BCUT2D eigenvalue weighted by molar-refractivity contribution is -0.175. The third-order valence-electron chi connectivity index (χ3n) is 3.20. The first-order valence-corrected chi connectivity index (χ1v) is 5.67. The molecule has 0 saturated carbocycles. The molecule has 2 fully saturated rings. The fraction of sp³-hybridized carbons (Fsp3) is 0.667. The third-order valence-corrected chi connectivity index (χ3v) is 3.20. The molecule has 0 aliphatic carbocycles.